The average Bonchev–Trinajstić information content (AvgIpc) is 1.97. The molecule has 3 heteroatoms. The molecule has 0 fully saturated rings. The molecule has 0 aliphatic heterocycles. The maximum atomic E-state index is 10.7. The number of carbonyl (C=O) groups is 2. The molecule has 1 atom stereocenters. The summed E-state index contributed by atoms with van der Waals surface area (Å²) < 4.78 is 0. The van der Waals surface area contributed by atoms with Gasteiger partial charge in [0.1, 0.15) is 6.29 Å². The fourth-order valence-corrected chi connectivity index (χ4v) is 0.943. The minimum absolute atomic E-state index is 0.243. The summed E-state index contributed by atoms with van der Waals surface area (Å²) in [6.07, 6.45) is 3.76. The molecule has 3 nitrogen and oxygen atoms in total. The van der Waals surface area contributed by atoms with Crippen molar-refractivity contribution in [2.75, 3.05) is 0 Å². The summed E-state index contributed by atoms with van der Waals surface area (Å²) in [4.78, 5) is 20.7. The van der Waals surface area contributed by atoms with Crippen LogP contribution in [0, 0.1) is 5.92 Å². The molecule has 0 saturated heterocycles. The zero-order valence-corrected chi connectivity index (χ0v) is 6.88. The first-order valence-corrected chi connectivity index (χ1v) is 3.95. The van der Waals surface area contributed by atoms with E-state index in [2.05, 4.69) is 0 Å². The van der Waals surface area contributed by atoms with Gasteiger partial charge in [0, 0.05) is 12.3 Å². The van der Waals surface area contributed by atoms with E-state index in [0.717, 1.165) is 25.5 Å². The summed E-state index contributed by atoms with van der Waals surface area (Å²) in [5.74, 6) is -0.599. The fourth-order valence-electron chi connectivity index (χ4n) is 0.943. The Morgan fingerprint density at radius 3 is 2.64 bits per heavy atom. The molecule has 0 aliphatic rings. The second-order valence-electron chi connectivity index (χ2n) is 2.64. The lowest BCUT2D eigenvalue weighted by molar-refractivity contribution is -0.124. The van der Waals surface area contributed by atoms with Crippen molar-refractivity contribution in [3.8, 4) is 0 Å². The lowest BCUT2D eigenvalue weighted by Gasteiger charge is -2.07. The van der Waals surface area contributed by atoms with Gasteiger partial charge in [-0.2, -0.15) is 0 Å². The molecule has 0 aromatic rings. The number of unbranched alkanes of at least 4 members (excludes halogenated alkanes) is 1. The predicted octanol–water partition coefficient (Wildman–Crippen LogP) is 0.867. The van der Waals surface area contributed by atoms with Gasteiger partial charge in [-0.15, -0.1) is 0 Å². The van der Waals surface area contributed by atoms with Crippen LogP contribution in [0.3, 0.4) is 0 Å². The molecule has 0 bridgehead atoms. The number of hydrogen-bond acceptors (Lipinski definition) is 2. The van der Waals surface area contributed by atoms with Crippen LogP contribution in [-0.4, -0.2) is 12.2 Å². The van der Waals surface area contributed by atoms with Crippen molar-refractivity contribution < 1.29 is 9.59 Å². The lowest BCUT2D eigenvalue weighted by Crippen LogP contribution is -2.23. The molecular formula is C8H15NO2. The highest BCUT2D eigenvalue weighted by atomic mass is 16.1. The highest BCUT2D eigenvalue weighted by Crippen LogP contribution is 2.10. The van der Waals surface area contributed by atoms with Crippen molar-refractivity contribution in [3.63, 3.8) is 0 Å². The Morgan fingerprint density at radius 1 is 1.64 bits per heavy atom. The van der Waals surface area contributed by atoms with E-state index in [1.165, 1.54) is 0 Å². The second kappa shape index (κ2) is 5.89. The van der Waals surface area contributed by atoms with Crippen LogP contribution in [0.15, 0.2) is 0 Å². The standard InChI is InChI=1S/C8H15NO2/c1-2-3-4-7(5-6-10)8(9)11/h6-7H,2-5H2,1H3,(H2,9,11). The van der Waals surface area contributed by atoms with Crippen molar-refractivity contribution in [2.24, 2.45) is 11.7 Å². The molecule has 0 radical (unpaired) electrons. The summed E-state index contributed by atoms with van der Waals surface area (Å²) in [5.41, 5.74) is 5.07. The Balaban J connectivity index is 3.69. The molecule has 64 valence electrons. The van der Waals surface area contributed by atoms with Crippen molar-refractivity contribution >= 4 is 12.2 Å². The average molecular weight is 157 g/mol. The van der Waals surface area contributed by atoms with Crippen molar-refractivity contribution in [3.05, 3.63) is 0 Å². The molecule has 0 rings (SSSR count). The fraction of sp³-hybridized carbons (Fsp3) is 0.750. The molecule has 0 aromatic heterocycles. The summed E-state index contributed by atoms with van der Waals surface area (Å²) in [6, 6.07) is 0. The van der Waals surface area contributed by atoms with Gasteiger partial charge < -0.3 is 10.5 Å². The van der Waals surface area contributed by atoms with Gasteiger partial charge in [0.05, 0.1) is 0 Å². The molecule has 0 aromatic carbocycles. The number of nitrogens with two attached hydrogens (primary N) is 1. The van der Waals surface area contributed by atoms with Crippen LogP contribution in [0.5, 0.6) is 0 Å². The molecular weight excluding hydrogens is 142 g/mol. The van der Waals surface area contributed by atoms with E-state index in [-0.39, 0.29) is 18.2 Å². The minimum Gasteiger partial charge on any atom is -0.369 e. The van der Waals surface area contributed by atoms with Crippen molar-refractivity contribution in [1.82, 2.24) is 0 Å². The molecule has 1 amide bonds. The largest absolute Gasteiger partial charge is 0.369 e. The van der Waals surface area contributed by atoms with E-state index in [4.69, 9.17) is 5.73 Å². The van der Waals surface area contributed by atoms with E-state index in [1.54, 1.807) is 0 Å². The Morgan fingerprint density at radius 2 is 2.27 bits per heavy atom. The predicted molar refractivity (Wildman–Crippen MR) is 42.9 cm³/mol. The first-order valence-electron chi connectivity index (χ1n) is 3.95. The summed E-state index contributed by atoms with van der Waals surface area (Å²) >= 11 is 0. The molecule has 2 N–H and O–H groups in total. The molecule has 11 heavy (non-hydrogen) atoms. The quantitative estimate of drug-likeness (QED) is 0.581. The number of primary amides is 1. The zero-order valence-electron chi connectivity index (χ0n) is 6.88. The monoisotopic (exact) mass is 157 g/mol. The van der Waals surface area contributed by atoms with Crippen LogP contribution in [0.1, 0.15) is 32.6 Å². The Kier molecular flexibility index (Phi) is 5.43. The first-order chi connectivity index (χ1) is 5.22. The topological polar surface area (TPSA) is 60.2 Å². The van der Waals surface area contributed by atoms with Gasteiger partial charge in [0.2, 0.25) is 5.91 Å². The molecule has 0 heterocycles. The Labute approximate surface area is 67.0 Å². The molecule has 1 unspecified atom stereocenters. The Hall–Kier alpha value is -0.860. The highest BCUT2D eigenvalue weighted by Gasteiger charge is 2.12. The Bertz CT molecular complexity index is 134. The van der Waals surface area contributed by atoms with E-state index in [1.807, 2.05) is 6.92 Å². The number of hydrogen-bond donors (Lipinski definition) is 1. The highest BCUT2D eigenvalue weighted by molar-refractivity contribution is 5.79. The van der Waals surface area contributed by atoms with Crippen LogP contribution in [0.25, 0.3) is 0 Å². The zero-order chi connectivity index (χ0) is 8.69. The first kappa shape index (κ1) is 10.1. The third kappa shape index (κ3) is 4.53. The van der Waals surface area contributed by atoms with Crippen LogP contribution in [-0.2, 0) is 9.59 Å². The van der Waals surface area contributed by atoms with Crippen molar-refractivity contribution in [2.45, 2.75) is 32.6 Å². The second-order valence-corrected chi connectivity index (χ2v) is 2.64. The third-order valence-electron chi connectivity index (χ3n) is 1.69. The van der Waals surface area contributed by atoms with Gasteiger partial charge in [-0.25, -0.2) is 0 Å². The smallest absolute Gasteiger partial charge is 0.220 e. The van der Waals surface area contributed by atoms with Crippen LogP contribution < -0.4 is 5.73 Å². The van der Waals surface area contributed by atoms with E-state index in [9.17, 15) is 9.59 Å². The van der Waals surface area contributed by atoms with Crippen molar-refractivity contribution in [1.29, 1.82) is 0 Å². The van der Waals surface area contributed by atoms with Crippen LogP contribution >= 0.6 is 0 Å². The van der Waals surface area contributed by atoms with E-state index >= 15 is 0 Å². The third-order valence-corrected chi connectivity index (χ3v) is 1.69. The van der Waals surface area contributed by atoms with Gasteiger partial charge in [-0.3, -0.25) is 4.79 Å². The molecule has 0 spiro atoms. The van der Waals surface area contributed by atoms with Crippen LogP contribution in [0.4, 0.5) is 0 Å². The number of amides is 1. The molecule has 0 aliphatic carbocycles. The summed E-state index contributed by atoms with van der Waals surface area (Å²) in [6.45, 7) is 2.04. The number of carbonyl (C=O) groups excluding carboxylic acids is 2. The summed E-state index contributed by atoms with van der Waals surface area (Å²) in [7, 11) is 0. The summed E-state index contributed by atoms with van der Waals surface area (Å²) in [5, 5.41) is 0. The number of rotatable bonds is 6. The number of aldehydes is 1. The van der Waals surface area contributed by atoms with Gasteiger partial charge in [0.15, 0.2) is 0 Å². The minimum atomic E-state index is -0.356. The molecule has 0 saturated carbocycles. The van der Waals surface area contributed by atoms with E-state index < -0.39 is 0 Å². The van der Waals surface area contributed by atoms with Gasteiger partial charge in [0.25, 0.3) is 0 Å². The SMILES string of the molecule is CCCCC(CC=O)C(N)=O. The normalized spacial score (nSPS) is 12.5. The van der Waals surface area contributed by atoms with E-state index in [0.29, 0.717) is 0 Å². The maximum Gasteiger partial charge on any atom is 0.220 e. The van der Waals surface area contributed by atoms with Crippen LogP contribution in [0.2, 0.25) is 0 Å². The maximum absolute atomic E-state index is 10.7. The van der Waals surface area contributed by atoms with Gasteiger partial charge in [-0.05, 0) is 6.42 Å². The van der Waals surface area contributed by atoms with Gasteiger partial charge >= 0.3 is 0 Å². The lowest BCUT2D eigenvalue weighted by atomic mass is 9.99. The van der Waals surface area contributed by atoms with Gasteiger partial charge in [-0.1, -0.05) is 19.8 Å².